The summed E-state index contributed by atoms with van der Waals surface area (Å²) in [7, 11) is -1.75. The molecule has 0 heterocycles. The predicted molar refractivity (Wildman–Crippen MR) is 133 cm³/mol. The number of benzene rings is 1. The zero-order valence-corrected chi connectivity index (χ0v) is 20.5. The van der Waals surface area contributed by atoms with Crippen LogP contribution < -0.4 is 21.4 Å². The highest BCUT2D eigenvalue weighted by atomic mass is 16.7. The largest absolute Gasteiger partial charge is 0.475 e. The summed E-state index contributed by atoms with van der Waals surface area (Å²) < 4.78 is 0. The van der Waals surface area contributed by atoms with Gasteiger partial charge in [-0.1, -0.05) is 50.5 Å². The average Bonchev–Trinajstić information content (AvgIpc) is 2.78. The zero-order chi connectivity index (χ0) is 26.4. The van der Waals surface area contributed by atoms with Crippen molar-refractivity contribution in [1.29, 1.82) is 5.41 Å². The van der Waals surface area contributed by atoms with Crippen molar-refractivity contribution in [2.75, 3.05) is 6.54 Å². The van der Waals surface area contributed by atoms with E-state index in [0.29, 0.717) is 19.3 Å². The standard InChI is InChI=1S/C22H37BN6O6/c1-4-16-7-9-17(10-8-16)11-12-20(30)26-18(6-5-13-25-22(24)28-29(34)35)21(31)27-19(23(32)33)14-15(2)3/h7-10,15,18-19,32-33H,4-6,11-14H2,1-3H3,(H,26,30)(H,27,31)(H3,24,25,28)/t18-,19-/m0/s1. The highest BCUT2D eigenvalue weighted by Crippen LogP contribution is 2.09. The lowest BCUT2D eigenvalue weighted by Gasteiger charge is -2.24. The third kappa shape index (κ3) is 12.7. The van der Waals surface area contributed by atoms with Crippen LogP contribution >= 0.6 is 0 Å². The van der Waals surface area contributed by atoms with Crippen molar-refractivity contribution >= 4 is 24.9 Å². The Morgan fingerprint density at radius 1 is 1.14 bits per heavy atom. The maximum atomic E-state index is 12.9. The normalized spacial score (nSPS) is 12.4. The van der Waals surface area contributed by atoms with Crippen LogP contribution in [-0.4, -0.2) is 58.5 Å². The second-order valence-electron chi connectivity index (χ2n) is 8.76. The third-order valence-electron chi connectivity index (χ3n) is 5.31. The lowest BCUT2D eigenvalue weighted by atomic mass is 9.75. The Kier molecular flexibility index (Phi) is 13.4. The van der Waals surface area contributed by atoms with Crippen molar-refractivity contribution < 1.29 is 24.7 Å². The van der Waals surface area contributed by atoms with Crippen LogP contribution in [0.2, 0.25) is 0 Å². The number of nitro groups is 1. The molecule has 13 heteroatoms. The minimum Gasteiger partial charge on any atom is -0.426 e. The van der Waals surface area contributed by atoms with E-state index in [-0.39, 0.29) is 31.2 Å². The molecule has 0 aliphatic heterocycles. The van der Waals surface area contributed by atoms with Gasteiger partial charge in [0, 0.05) is 13.0 Å². The highest BCUT2D eigenvalue weighted by molar-refractivity contribution is 6.43. The SMILES string of the molecule is CCc1ccc(CCC(=O)N[C@@H](CCCNC(=N)N[N+](=O)[O-])C(=O)N[C@@H](CC(C)C)B(O)O)cc1. The number of hydrogen-bond acceptors (Lipinski definition) is 7. The topological polar surface area (TPSA) is 190 Å². The van der Waals surface area contributed by atoms with Crippen molar-refractivity contribution in [2.24, 2.45) is 5.92 Å². The first-order chi connectivity index (χ1) is 16.5. The van der Waals surface area contributed by atoms with Gasteiger partial charge in [0.25, 0.3) is 5.96 Å². The van der Waals surface area contributed by atoms with Crippen molar-refractivity contribution in [2.45, 2.75) is 71.3 Å². The summed E-state index contributed by atoms with van der Waals surface area (Å²) in [6.45, 7) is 5.98. The first-order valence-electron chi connectivity index (χ1n) is 11.8. The average molecular weight is 492 g/mol. The molecule has 0 spiro atoms. The smallest absolute Gasteiger partial charge is 0.426 e. The second-order valence-corrected chi connectivity index (χ2v) is 8.76. The zero-order valence-electron chi connectivity index (χ0n) is 20.5. The molecule has 12 nitrogen and oxygen atoms in total. The minimum absolute atomic E-state index is 0.0959. The molecule has 0 unspecified atom stereocenters. The van der Waals surface area contributed by atoms with Crippen LogP contribution in [0.5, 0.6) is 0 Å². The van der Waals surface area contributed by atoms with Gasteiger partial charge in [-0.3, -0.25) is 15.0 Å². The number of hydrogen-bond donors (Lipinski definition) is 7. The fourth-order valence-electron chi connectivity index (χ4n) is 3.43. The molecule has 7 N–H and O–H groups in total. The lowest BCUT2D eigenvalue weighted by Crippen LogP contribution is -2.54. The molecule has 0 bridgehead atoms. The summed E-state index contributed by atoms with van der Waals surface area (Å²) in [5.41, 5.74) is 3.87. The fraction of sp³-hybridized carbons (Fsp3) is 0.591. The fourth-order valence-corrected chi connectivity index (χ4v) is 3.43. The Labute approximate surface area is 206 Å². The van der Waals surface area contributed by atoms with Crippen LogP contribution in [0.15, 0.2) is 24.3 Å². The molecule has 2 amide bonds. The monoisotopic (exact) mass is 492 g/mol. The van der Waals surface area contributed by atoms with E-state index in [2.05, 4.69) is 22.9 Å². The third-order valence-corrected chi connectivity index (χ3v) is 5.31. The molecule has 1 rings (SSSR count). The predicted octanol–water partition coefficient (Wildman–Crippen LogP) is 0.295. The number of nitrogens with zero attached hydrogens (tertiary/aromatic N) is 1. The molecule has 0 radical (unpaired) electrons. The number of rotatable bonds is 15. The second kappa shape index (κ2) is 15.7. The van der Waals surface area contributed by atoms with Crippen LogP contribution in [0.1, 0.15) is 57.6 Å². The van der Waals surface area contributed by atoms with Crippen LogP contribution in [-0.2, 0) is 22.4 Å². The number of amides is 2. The van der Waals surface area contributed by atoms with Crippen molar-refractivity contribution in [3.63, 3.8) is 0 Å². The Morgan fingerprint density at radius 2 is 1.77 bits per heavy atom. The molecule has 1 aromatic carbocycles. The van der Waals surface area contributed by atoms with Gasteiger partial charge in [-0.2, -0.15) is 0 Å². The maximum absolute atomic E-state index is 12.9. The van der Waals surface area contributed by atoms with Crippen LogP contribution in [0.4, 0.5) is 0 Å². The number of guanidine groups is 1. The summed E-state index contributed by atoms with van der Waals surface area (Å²) in [5, 5.41) is 44.0. The summed E-state index contributed by atoms with van der Waals surface area (Å²) in [4.78, 5) is 35.8. The van der Waals surface area contributed by atoms with E-state index in [4.69, 9.17) is 5.41 Å². The van der Waals surface area contributed by atoms with E-state index in [9.17, 15) is 29.8 Å². The van der Waals surface area contributed by atoms with Crippen molar-refractivity contribution in [1.82, 2.24) is 21.4 Å². The minimum atomic E-state index is -1.75. The van der Waals surface area contributed by atoms with Gasteiger partial charge >= 0.3 is 7.12 Å². The van der Waals surface area contributed by atoms with Gasteiger partial charge in [0.2, 0.25) is 11.8 Å². The van der Waals surface area contributed by atoms with E-state index in [1.165, 1.54) is 5.56 Å². The molecule has 0 fully saturated rings. The molecular formula is C22H37BN6O6. The van der Waals surface area contributed by atoms with E-state index in [0.717, 1.165) is 12.0 Å². The van der Waals surface area contributed by atoms with Crippen LogP contribution in [0, 0.1) is 21.4 Å². The Balaban J connectivity index is 2.73. The van der Waals surface area contributed by atoms with Gasteiger partial charge in [0.1, 0.15) is 6.04 Å². The molecule has 0 saturated heterocycles. The van der Waals surface area contributed by atoms with E-state index in [1.54, 1.807) is 5.43 Å². The lowest BCUT2D eigenvalue weighted by molar-refractivity contribution is -0.525. The molecule has 2 atom stereocenters. The Hall–Kier alpha value is -3.19. The number of aryl methyl sites for hydroxylation is 2. The van der Waals surface area contributed by atoms with Crippen molar-refractivity contribution in [3.8, 4) is 0 Å². The number of nitrogens with one attached hydrogen (secondary N) is 5. The summed E-state index contributed by atoms with van der Waals surface area (Å²) in [6.07, 6.45) is 2.42. The Bertz CT molecular complexity index is 836. The number of carbonyl (C=O) groups excluding carboxylic acids is 2. The van der Waals surface area contributed by atoms with Gasteiger partial charge in [0.15, 0.2) is 5.03 Å². The quantitative estimate of drug-likeness (QED) is 0.0454. The Morgan fingerprint density at radius 3 is 2.31 bits per heavy atom. The maximum Gasteiger partial charge on any atom is 0.475 e. The van der Waals surface area contributed by atoms with E-state index >= 15 is 0 Å². The number of hydrazine groups is 1. The summed E-state index contributed by atoms with van der Waals surface area (Å²) in [6, 6.07) is 7.01. The number of carbonyl (C=O) groups is 2. The summed E-state index contributed by atoms with van der Waals surface area (Å²) in [5.74, 6) is -2.17. The first-order valence-corrected chi connectivity index (χ1v) is 11.8. The molecule has 0 aromatic heterocycles. The molecule has 0 aliphatic rings. The van der Waals surface area contributed by atoms with Gasteiger partial charge in [0.05, 0.1) is 5.94 Å². The molecule has 1 aromatic rings. The first kappa shape index (κ1) is 29.8. The highest BCUT2D eigenvalue weighted by Gasteiger charge is 2.29. The van der Waals surface area contributed by atoms with Crippen LogP contribution in [0.25, 0.3) is 0 Å². The van der Waals surface area contributed by atoms with Gasteiger partial charge in [-0.05, 0) is 49.1 Å². The van der Waals surface area contributed by atoms with Gasteiger partial charge in [-0.25, -0.2) is 10.1 Å². The molecule has 194 valence electrons. The van der Waals surface area contributed by atoms with E-state index < -0.39 is 36.0 Å². The molecule has 0 saturated carbocycles. The molecule has 35 heavy (non-hydrogen) atoms. The van der Waals surface area contributed by atoms with Gasteiger partial charge < -0.3 is 26.0 Å². The van der Waals surface area contributed by atoms with E-state index in [1.807, 2.05) is 38.1 Å². The van der Waals surface area contributed by atoms with Gasteiger partial charge in [-0.15, -0.1) is 0 Å². The van der Waals surface area contributed by atoms with Crippen molar-refractivity contribution in [3.05, 3.63) is 45.5 Å². The summed E-state index contributed by atoms with van der Waals surface area (Å²) >= 11 is 0. The van der Waals surface area contributed by atoms with Crippen LogP contribution in [0.3, 0.4) is 0 Å². The molecular weight excluding hydrogens is 455 g/mol. The molecule has 0 aliphatic carbocycles.